The summed E-state index contributed by atoms with van der Waals surface area (Å²) >= 11 is 3.33. The first kappa shape index (κ1) is 14.0. The highest BCUT2D eigenvalue weighted by Crippen LogP contribution is 2.27. The van der Waals surface area contributed by atoms with E-state index < -0.39 is 0 Å². The molecular formula is C12H17BrN4O2. The monoisotopic (exact) mass is 328 g/mol. The van der Waals surface area contributed by atoms with E-state index in [9.17, 15) is 4.79 Å². The van der Waals surface area contributed by atoms with Gasteiger partial charge in [0, 0.05) is 19.5 Å². The number of ether oxygens (including phenoxy) is 1. The zero-order chi connectivity index (χ0) is 13.8. The lowest BCUT2D eigenvalue weighted by atomic mass is 9.93. The van der Waals surface area contributed by atoms with Gasteiger partial charge in [-0.2, -0.15) is 4.98 Å². The number of carbonyl (C=O) groups excluding carboxylic acids is 1. The number of rotatable bonds is 4. The van der Waals surface area contributed by atoms with Crippen LogP contribution in [-0.4, -0.2) is 36.1 Å². The summed E-state index contributed by atoms with van der Waals surface area (Å²) in [4.78, 5) is 21.7. The Balaban J connectivity index is 1.99. The molecule has 0 aromatic carbocycles. The van der Waals surface area contributed by atoms with Gasteiger partial charge in [-0.3, -0.25) is 4.79 Å². The standard InChI is InChI=1S/C12H17BrN4O2/c1-19-11-9(13)7-15-12(16-11)17-4-2-8(3-5-17)6-10(14)18/h7-8H,2-6H2,1H3,(H2,14,18). The number of anilines is 1. The Morgan fingerprint density at radius 3 is 2.84 bits per heavy atom. The second-order valence-electron chi connectivity index (χ2n) is 4.63. The molecular weight excluding hydrogens is 312 g/mol. The maximum absolute atomic E-state index is 10.9. The molecule has 1 saturated heterocycles. The Hall–Kier alpha value is -1.37. The Morgan fingerprint density at radius 1 is 1.58 bits per heavy atom. The van der Waals surface area contributed by atoms with Crippen molar-refractivity contribution in [2.75, 3.05) is 25.1 Å². The van der Waals surface area contributed by atoms with Gasteiger partial charge in [0.1, 0.15) is 0 Å². The van der Waals surface area contributed by atoms with E-state index in [1.54, 1.807) is 13.3 Å². The van der Waals surface area contributed by atoms with Gasteiger partial charge in [-0.15, -0.1) is 0 Å². The minimum Gasteiger partial charge on any atom is -0.480 e. The summed E-state index contributed by atoms with van der Waals surface area (Å²) in [5.74, 6) is 1.35. The molecule has 1 amide bonds. The third kappa shape index (κ3) is 3.56. The Bertz CT molecular complexity index is 461. The highest BCUT2D eigenvalue weighted by atomic mass is 79.9. The van der Waals surface area contributed by atoms with Crippen LogP contribution in [0.25, 0.3) is 0 Å². The van der Waals surface area contributed by atoms with E-state index in [1.807, 2.05) is 0 Å². The lowest BCUT2D eigenvalue weighted by Crippen LogP contribution is -2.36. The van der Waals surface area contributed by atoms with Crippen LogP contribution in [0.2, 0.25) is 0 Å². The van der Waals surface area contributed by atoms with Crippen LogP contribution in [0.5, 0.6) is 5.88 Å². The minimum atomic E-state index is -0.222. The van der Waals surface area contributed by atoms with Crippen molar-refractivity contribution < 1.29 is 9.53 Å². The summed E-state index contributed by atoms with van der Waals surface area (Å²) in [6, 6.07) is 0. The number of halogens is 1. The predicted octanol–water partition coefficient (Wildman–Crippen LogP) is 1.34. The molecule has 104 valence electrons. The fourth-order valence-electron chi connectivity index (χ4n) is 2.26. The second kappa shape index (κ2) is 6.18. The summed E-state index contributed by atoms with van der Waals surface area (Å²) in [7, 11) is 1.58. The van der Waals surface area contributed by atoms with E-state index in [1.165, 1.54) is 0 Å². The number of hydrogen-bond donors (Lipinski definition) is 1. The normalized spacial score (nSPS) is 16.4. The van der Waals surface area contributed by atoms with Gasteiger partial charge in [-0.05, 0) is 34.7 Å². The molecule has 2 N–H and O–H groups in total. The number of piperidine rings is 1. The summed E-state index contributed by atoms with van der Waals surface area (Å²) in [6.07, 6.45) is 4.03. The first-order chi connectivity index (χ1) is 9.10. The summed E-state index contributed by atoms with van der Waals surface area (Å²) in [6.45, 7) is 1.67. The van der Waals surface area contributed by atoms with Gasteiger partial charge in [0.25, 0.3) is 0 Å². The van der Waals surface area contributed by atoms with E-state index in [0.717, 1.165) is 30.4 Å². The van der Waals surface area contributed by atoms with E-state index >= 15 is 0 Å². The van der Waals surface area contributed by atoms with Crippen LogP contribution in [0.1, 0.15) is 19.3 Å². The van der Waals surface area contributed by atoms with Crippen LogP contribution in [0, 0.1) is 5.92 Å². The van der Waals surface area contributed by atoms with Crippen molar-refractivity contribution in [3.05, 3.63) is 10.7 Å². The Kier molecular flexibility index (Phi) is 4.57. The highest BCUT2D eigenvalue weighted by Gasteiger charge is 2.22. The zero-order valence-corrected chi connectivity index (χ0v) is 12.4. The van der Waals surface area contributed by atoms with Crippen molar-refractivity contribution in [1.29, 1.82) is 0 Å². The number of methoxy groups -OCH3 is 1. The fourth-order valence-corrected chi connectivity index (χ4v) is 2.61. The van der Waals surface area contributed by atoms with Crippen molar-refractivity contribution in [2.45, 2.75) is 19.3 Å². The summed E-state index contributed by atoms with van der Waals surface area (Å²) in [5, 5.41) is 0. The van der Waals surface area contributed by atoms with Gasteiger partial charge < -0.3 is 15.4 Å². The molecule has 0 aliphatic carbocycles. The lowest BCUT2D eigenvalue weighted by molar-refractivity contribution is -0.119. The first-order valence-electron chi connectivity index (χ1n) is 6.20. The molecule has 1 aromatic rings. The molecule has 0 unspecified atom stereocenters. The molecule has 1 aromatic heterocycles. The van der Waals surface area contributed by atoms with Crippen LogP contribution < -0.4 is 15.4 Å². The van der Waals surface area contributed by atoms with Crippen molar-refractivity contribution >= 4 is 27.8 Å². The molecule has 0 bridgehead atoms. The molecule has 2 rings (SSSR count). The number of carbonyl (C=O) groups is 1. The van der Waals surface area contributed by atoms with E-state index in [-0.39, 0.29) is 5.91 Å². The third-order valence-electron chi connectivity index (χ3n) is 3.28. The third-order valence-corrected chi connectivity index (χ3v) is 3.82. The average Bonchev–Trinajstić information content (AvgIpc) is 2.40. The van der Waals surface area contributed by atoms with Crippen molar-refractivity contribution in [1.82, 2.24) is 9.97 Å². The maximum atomic E-state index is 10.9. The number of aromatic nitrogens is 2. The van der Waals surface area contributed by atoms with Crippen LogP contribution in [0.3, 0.4) is 0 Å². The van der Waals surface area contributed by atoms with Gasteiger partial charge >= 0.3 is 0 Å². The zero-order valence-electron chi connectivity index (χ0n) is 10.8. The summed E-state index contributed by atoms with van der Waals surface area (Å²) in [5.41, 5.74) is 5.22. The predicted molar refractivity (Wildman–Crippen MR) is 75.0 cm³/mol. The van der Waals surface area contributed by atoms with Crippen LogP contribution >= 0.6 is 15.9 Å². The van der Waals surface area contributed by atoms with E-state index in [4.69, 9.17) is 10.5 Å². The smallest absolute Gasteiger partial charge is 0.232 e. The minimum absolute atomic E-state index is 0.222. The fraction of sp³-hybridized carbons (Fsp3) is 0.583. The van der Waals surface area contributed by atoms with E-state index in [0.29, 0.717) is 24.2 Å². The van der Waals surface area contributed by atoms with Gasteiger partial charge in [0.15, 0.2) is 0 Å². The van der Waals surface area contributed by atoms with Gasteiger partial charge in [-0.1, -0.05) is 0 Å². The molecule has 1 fully saturated rings. The molecule has 2 heterocycles. The topological polar surface area (TPSA) is 81.3 Å². The molecule has 6 nitrogen and oxygen atoms in total. The molecule has 0 atom stereocenters. The number of primary amides is 1. The average molecular weight is 329 g/mol. The van der Waals surface area contributed by atoms with Crippen molar-refractivity contribution in [3.63, 3.8) is 0 Å². The van der Waals surface area contributed by atoms with Crippen molar-refractivity contribution in [2.24, 2.45) is 11.7 Å². The molecule has 1 aliphatic heterocycles. The largest absolute Gasteiger partial charge is 0.480 e. The van der Waals surface area contributed by atoms with E-state index in [2.05, 4.69) is 30.8 Å². The van der Waals surface area contributed by atoms with Gasteiger partial charge in [0.2, 0.25) is 17.7 Å². The van der Waals surface area contributed by atoms with Crippen LogP contribution in [0.4, 0.5) is 5.95 Å². The number of hydrogen-bond acceptors (Lipinski definition) is 5. The molecule has 19 heavy (non-hydrogen) atoms. The lowest BCUT2D eigenvalue weighted by Gasteiger charge is -2.31. The summed E-state index contributed by atoms with van der Waals surface area (Å²) < 4.78 is 5.90. The second-order valence-corrected chi connectivity index (χ2v) is 5.48. The molecule has 0 spiro atoms. The number of amides is 1. The quantitative estimate of drug-likeness (QED) is 0.901. The Morgan fingerprint density at radius 2 is 2.26 bits per heavy atom. The van der Waals surface area contributed by atoms with Crippen LogP contribution in [-0.2, 0) is 4.79 Å². The first-order valence-corrected chi connectivity index (χ1v) is 6.99. The van der Waals surface area contributed by atoms with Gasteiger partial charge in [0.05, 0.1) is 17.8 Å². The highest BCUT2D eigenvalue weighted by molar-refractivity contribution is 9.10. The maximum Gasteiger partial charge on any atom is 0.232 e. The van der Waals surface area contributed by atoms with Crippen molar-refractivity contribution in [3.8, 4) is 5.88 Å². The number of nitrogens with two attached hydrogens (primary N) is 1. The number of nitrogens with zero attached hydrogens (tertiary/aromatic N) is 3. The molecule has 0 saturated carbocycles. The SMILES string of the molecule is COc1nc(N2CCC(CC(N)=O)CC2)ncc1Br. The van der Waals surface area contributed by atoms with Crippen LogP contribution in [0.15, 0.2) is 10.7 Å². The van der Waals surface area contributed by atoms with Gasteiger partial charge in [-0.25, -0.2) is 4.98 Å². The molecule has 7 heteroatoms. The molecule has 0 radical (unpaired) electrons. The Labute approximate surface area is 120 Å². The molecule has 1 aliphatic rings.